The second kappa shape index (κ2) is 7.87. The summed E-state index contributed by atoms with van der Waals surface area (Å²) < 4.78 is 31.0. The molecular weight excluding hydrogens is 318 g/mol. The van der Waals surface area contributed by atoms with Gasteiger partial charge >= 0.3 is 6.61 Å². The van der Waals surface area contributed by atoms with Crippen LogP contribution in [0.3, 0.4) is 0 Å². The molecule has 130 valence electrons. The fourth-order valence-corrected chi connectivity index (χ4v) is 2.38. The molecule has 8 heteroatoms. The first-order chi connectivity index (χ1) is 11.4. The molecule has 0 spiro atoms. The van der Waals surface area contributed by atoms with E-state index in [9.17, 15) is 13.6 Å². The van der Waals surface area contributed by atoms with Gasteiger partial charge < -0.3 is 15.4 Å². The minimum atomic E-state index is -2.91. The number of hydrogen-bond acceptors (Lipinski definition) is 4. The Morgan fingerprint density at radius 1 is 1.42 bits per heavy atom. The molecule has 0 fully saturated rings. The van der Waals surface area contributed by atoms with Gasteiger partial charge in [0.15, 0.2) is 0 Å². The van der Waals surface area contributed by atoms with Crippen LogP contribution in [0.4, 0.5) is 8.78 Å². The molecule has 2 N–H and O–H groups in total. The second-order valence-electron chi connectivity index (χ2n) is 5.38. The number of halogens is 2. The Morgan fingerprint density at radius 3 is 2.75 bits per heavy atom. The van der Waals surface area contributed by atoms with E-state index in [1.54, 1.807) is 43.3 Å². The molecule has 1 aromatic heterocycles. The predicted octanol–water partition coefficient (Wildman–Crippen LogP) is 1.91. The summed E-state index contributed by atoms with van der Waals surface area (Å²) in [5.74, 6) is -0.228. The number of nitrogens with zero attached hydrogens (tertiary/aromatic N) is 2. The molecule has 0 aliphatic rings. The van der Waals surface area contributed by atoms with Gasteiger partial charge in [0.1, 0.15) is 11.8 Å². The van der Waals surface area contributed by atoms with Crippen LogP contribution >= 0.6 is 0 Å². The van der Waals surface area contributed by atoms with Crippen molar-refractivity contribution in [3.8, 4) is 5.75 Å². The van der Waals surface area contributed by atoms with Gasteiger partial charge in [-0.1, -0.05) is 17.7 Å². The van der Waals surface area contributed by atoms with Gasteiger partial charge in [-0.2, -0.15) is 13.9 Å². The van der Waals surface area contributed by atoms with Gasteiger partial charge in [0.25, 0.3) is 0 Å². The lowest BCUT2D eigenvalue weighted by atomic mass is 10.1. The number of ether oxygens (including phenoxy) is 1. The molecular formula is C16H20F2N4O2. The predicted molar refractivity (Wildman–Crippen MR) is 84.7 cm³/mol. The largest absolute Gasteiger partial charge is 0.434 e. The molecule has 1 aromatic carbocycles. The van der Waals surface area contributed by atoms with Gasteiger partial charge in [-0.05, 0) is 20.0 Å². The molecule has 6 nitrogen and oxygen atoms in total. The van der Waals surface area contributed by atoms with Gasteiger partial charge in [-0.3, -0.25) is 9.48 Å². The summed E-state index contributed by atoms with van der Waals surface area (Å²) in [6, 6.07) is 4.27. The van der Waals surface area contributed by atoms with Crippen molar-refractivity contribution >= 4 is 5.91 Å². The molecule has 1 heterocycles. The molecule has 0 saturated heterocycles. The first kappa shape index (κ1) is 17.9. The van der Waals surface area contributed by atoms with E-state index >= 15 is 0 Å². The Balaban J connectivity index is 2.09. The lowest BCUT2D eigenvalue weighted by Crippen LogP contribution is -2.35. The van der Waals surface area contributed by atoms with Crippen molar-refractivity contribution in [3.05, 3.63) is 47.3 Å². The molecule has 1 amide bonds. The number of alkyl halides is 2. The minimum Gasteiger partial charge on any atom is -0.434 e. The number of nitrogens with one attached hydrogen (secondary N) is 2. The average Bonchev–Trinajstić information content (AvgIpc) is 2.94. The maximum atomic E-state index is 12.5. The van der Waals surface area contributed by atoms with Crippen LogP contribution in [-0.4, -0.2) is 29.3 Å². The molecule has 0 aliphatic heterocycles. The van der Waals surface area contributed by atoms with Gasteiger partial charge in [0.05, 0.1) is 6.20 Å². The maximum Gasteiger partial charge on any atom is 0.387 e. The van der Waals surface area contributed by atoms with Crippen LogP contribution in [0.1, 0.15) is 22.7 Å². The molecule has 1 unspecified atom stereocenters. The van der Waals surface area contributed by atoms with Gasteiger partial charge in [0.2, 0.25) is 5.91 Å². The van der Waals surface area contributed by atoms with Crippen molar-refractivity contribution in [2.24, 2.45) is 7.05 Å². The topological polar surface area (TPSA) is 68.2 Å². The average molecular weight is 338 g/mol. The Bertz CT molecular complexity index is 703. The van der Waals surface area contributed by atoms with Crippen molar-refractivity contribution in [1.29, 1.82) is 0 Å². The van der Waals surface area contributed by atoms with Gasteiger partial charge in [0, 0.05) is 30.9 Å². The third-order valence-corrected chi connectivity index (χ3v) is 3.49. The van der Waals surface area contributed by atoms with Crippen LogP contribution in [-0.2, 0) is 18.4 Å². The van der Waals surface area contributed by atoms with Crippen LogP contribution in [0.2, 0.25) is 0 Å². The third-order valence-electron chi connectivity index (χ3n) is 3.49. The normalized spacial score (nSPS) is 12.2. The first-order valence-corrected chi connectivity index (χ1v) is 7.38. The summed E-state index contributed by atoms with van der Waals surface area (Å²) in [7, 11) is 3.42. The summed E-state index contributed by atoms with van der Waals surface area (Å²) in [5, 5.41) is 9.68. The smallest absolute Gasteiger partial charge is 0.387 e. The van der Waals surface area contributed by atoms with E-state index in [-0.39, 0.29) is 18.2 Å². The van der Waals surface area contributed by atoms with Crippen LogP contribution in [0.5, 0.6) is 5.75 Å². The number of hydrogen-bond donors (Lipinski definition) is 2. The van der Waals surface area contributed by atoms with Gasteiger partial charge in [-0.15, -0.1) is 0 Å². The molecule has 24 heavy (non-hydrogen) atoms. The fraction of sp³-hybridized carbons (Fsp3) is 0.375. The lowest BCUT2D eigenvalue weighted by Gasteiger charge is -2.16. The highest BCUT2D eigenvalue weighted by Crippen LogP contribution is 2.22. The van der Waals surface area contributed by atoms with Crippen molar-refractivity contribution in [2.45, 2.75) is 26.1 Å². The number of aryl methyl sites for hydroxylation is 2. The van der Waals surface area contributed by atoms with Crippen molar-refractivity contribution < 1.29 is 18.3 Å². The van der Waals surface area contributed by atoms with E-state index in [0.29, 0.717) is 11.1 Å². The molecule has 0 bridgehead atoms. The molecule has 0 saturated carbocycles. The zero-order valence-corrected chi connectivity index (χ0v) is 13.7. The molecule has 1 atom stereocenters. The quantitative estimate of drug-likeness (QED) is 0.809. The number of carbonyl (C=O) groups excluding carboxylic acids is 1. The Hall–Kier alpha value is -2.48. The van der Waals surface area contributed by atoms with E-state index in [2.05, 4.69) is 20.5 Å². The standard InChI is InChI=1S/C16H20F2N4O2/c1-10-4-5-13(24-16(17)18)11(6-10)7-20-15(23)14(19-2)12-8-21-22(3)9-12/h4-6,8-9,14,16,19H,7H2,1-3H3,(H,20,23). The van der Waals surface area contributed by atoms with Crippen molar-refractivity contribution in [1.82, 2.24) is 20.4 Å². The van der Waals surface area contributed by atoms with Crippen molar-refractivity contribution in [2.75, 3.05) is 7.05 Å². The fourth-order valence-electron chi connectivity index (χ4n) is 2.38. The third kappa shape index (κ3) is 4.51. The SMILES string of the molecule is CNC(C(=O)NCc1cc(C)ccc1OC(F)F)c1cnn(C)c1. The first-order valence-electron chi connectivity index (χ1n) is 7.38. The Morgan fingerprint density at radius 2 is 2.17 bits per heavy atom. The van der Waals surface area contributed by atoms with E-state index in [0.717, 1.165) is 5.56 Å². The number of likely N-dealkylation sites (N-methyl/N-ethyl adjacent to an activating group) is 1. The number of benzene rings is 1. The summed E-state index contributed by atoms with van der Waals surface area (Å²) >= 11 is 0. The zero-order chi connectivity index (χ0) is 17.7. The summed E-state index contributed by atoms with van der Waals surface area (Å²) in [4.78, 5) is 12.4. The highest BCUT2D eigenvalue weighted by molar-refractivity contribution is 5.83. The second-order valence-corrected chi connectivity index (χ2v) is 5.38. The highest BCUT2D eigenvalue weighted by atomic mass is 19.3. The van der Waals surface area contributed by atoms with Gasteiger partial charge in [-0.25, -0.2) is 0 Å². The van der Waals surface area contributed by atoms with Crippen molar-refractivity contribution in [3.63, 3.8) is 0 Å². The number of carbonyl (C=O) groups is 1. The summed E-state index contributed by atoms with van der Waals surface area (Å²) in [6.07, 6.45) is 3.33. The molecule has 0 radical (unpaired) electrons. The van der Waals surface area contributed by atoms with E-state index < -0.39 is 12.7 Å². The monoisotopic (exact) mass is 338 g/mol. The molecule has 2 rings (SSSR count). The summed E-state index contributed by atoms with van der Waals surface area (Å²) in [5.41, 5.74) is 2.09. The Labute approximate surface area is 138 Å². The lowest BCUT2D eigenvalue weighted by molar-refractivity contribution is -0.123. The maximum absolute atomic E-state index is 12.5. The minimum absolute atomic E-state index is 0.0540. The van der Waals surface area contributed by atoms with Crippen LogP contribution in [0.25, 0.3) is 0 Å². The molecule has 2 aromatic rings. The van der Waals surface area contributed by atoms with Crippen LogP contribution in [0, 0.1) is 6.92 Å². The van der Waals surface area contributed by atoms with E-state index in [4.69, 9.17) is 0 Å². The molecule has 0 aliphatic carbocycles. The van der Waals surface area contributed by atoms with E-state index in [1.165, 1.54) is 6.07 Å². The number of rotatable bonds is 7. The highest BCUT2D eigenvalue weighted by Gasteiger charge is 2.20. The summed E-state index contributed by atoms with van der Waals surface area (Å²) in [6.45, 7) is -0.993. The van der Waals surface area contributed by atoms with Crippen LogP contribution in [0.15, 0.2) is 30.6 Å². The van der Waals surface area contributed by atoms with E-state index in [1.807, 2.05) is 6.92 Å². The van der Waals surface area contributed by atoms with Crippen LogP contribution < -0.4 is 15.4 Å². The number of amides is 1. The Kier molecular flexibility index (Phi) is 5.86. The zero-order valence-electron chi connectivity index (χ0n) is 13.7. The number of aromatic nitrogens is 2.